The molecule has 1 aliphatic heterocycles. The van der Waals surface area contributed by atoms with Crippen LogP contribution in [0, 0.1) is 5.92 Å². The monoisotopic (exact) mass is 451 g/mol. The maximum atomic E-state index is 13.7. The van der Waals surface area contributed by atoms with Gasteiger partial charge in [-0.3, -0.25) is 9.59 Å². The first-order valence-electron chi connectivity index (χ1n) is 11.1. The van der Waals surface area contributed by atoms with Gasteiger partial charge in [0.25, 0.3) is 5.91 Å². The summed E-state index contributed by atoms with van der Waals surface area (Å²) in [6, 6.07) is 5.33. The number of hydrogen-bond acceptors (Lipinski definition) is 2. The largest absolute Gasteiger partial charge is 0.352 e. The highest BCUT2D eigenvalue weighted by molar-refractivity contribution is 6.36. The average Bonchev–Trinajstić information content (AvgIpc) is 3.12. The molecular weight excluding hydrogens is 424 g/mol. The number of carbonyl (C=O) groups excluding carboxylic acids is 2. The van der Waals surface area contributed by atoms with E-state index in [9.17, 15) is 18.4 Å². The Morgan fingerprint density at radius 1 is 1.16 bits per heavy atom. The van der Waals surface area contributed by atoms with Crippen molar-refractivity contribution in [3.63, 3.8) is 0 Å². The predicted octanol–water partition coefficient (Wildman–Crippen LogP) is 4.86. The molecule has 2 amide bonds. The fraction of sp³-hybridized carbons (Fsp3) is 0.565. The Kier molecular flexibility index (Phi) is 6.51. The molecule has 2 fully saturated rings. The lowest BCUT2D eigenvalue weighted by Crippen LogP contribution is -2.37. The number of benzene rings is 1. The number of rotatable bonds is 5. The van der Waals surface area contributed by atoms with Gasteiger partial charge in [0.05, 0.1) is 16.1 Å². The van der Waals surface area contributed by atoms with E-state index in [-0.39, 0.29) is 43.7 Å². The maximum absolute atomic E-state index is 13.7. The van der Waals surface area contributed by atoms with Gasteiger partial charge in [-0.05, 0) is 50.2 Å². The smallest absolute Gasteiger partial charge is 0.253 e. The molecule has 2 aliphatic rings. The molecule has 2 aromatic rings. The van der Waals surface area contributed by atoms with Crippen molar-refractivity contribution in [2.75, 3.05) is 19.6 Å². The van der Waals surface area contributed by atoms with Crippen LogP contribution < -0.4 is 5.32 Å². The predicted molar refractivity (Wildman–Crippen MR) is 117 cm³/mol. The van der Waals surface area contributed by atoms with Crippen molar-refractivity contribution >= 4 is 34.3 Å². The van der Waals surface area contributed by atoms with E-state index < -0.39 is 5.92 Å². The topological polar surface area (TPSA) is 54.3 Å². The fourth-order valence-electron chi connectivity index (χ4n) is 4.78. The summed E-state index contributed by atoms with van der Waals surface area (Å²) in [6.07, 6.45) is 5.70. The molecule has 1 N–H and O–H groups in total. The molecule has 0 spiro atoms. The molecule has 1 unspecified atom stereocenters. The van der Waals surface area contributed by atoms with Crippen molar-refractivity contribution in [2.45, 2.75) is 57.4 Å². The van der Waals surface area contributed by atoms with Gasteiger partial charge in [0.15, 0.2) is 0 Å². The number of carbonyl (C=O) groups is 2. The molecule has 1 atom stereocenters. The van der Waals surface area contributed by atoms with Crippen LogP contribution in [0.2, 0.25) is 5.02 Å². The minimum atomic E-state index is -2.65. The summed E-state index contributed by atoms with van der Waals surface area (Å²) in [6.45, 7) is 1.87. The van der Waals surface area contributed by atoms with Crippen LogP contribution in [0.1, 0.15) is 55.3 Å². The number of amides is 2. The Bertz CT molecular complexity index is 969. The zero-order valence-electron chi connectivity index (χ0n) is 17.5. The molecule has 1 aromatic carbocycles. The molecule has 1 saturated carbocycles. The summed E-state index contributed by atoms with van der Waals surface area (Å²) in [5.74, 6) is -3.22. The Hall–Kier alpha value is -2.15. The number of fused-ring (bicyclic) bond motifs is 1. The van der Waals surface area contributed by atoms with Crippen molar-refractivity contribution in [1.82, 2.24) is 14.8 Å². The first-order valence-corrected chi connectivity index (χ1v) is 11.4. The van der Waals surface area contributed by atoms with Gasteiger partial charge in [-0.2, -0.15) is 0 Å². The van der Waals surface area contributed by atoms with Crippen LogP contribution >= 0.6 is 11.6 Å². The lowest BCUT2D eigenvalue weighted by Gasteiger charge is -2.28. The van der Waals surface area contributed by atoms with Crippen LogP contribution in [-0.2, 0) is 11.3 Å². The van der Waals surface area contributed by atoms with Crippen molar-refractivity contribution in [1.29, 1.82) is 0 Å². The number of halogens is 3. The highest BCUT2D eigenvalue weighted by Crippen LogP contribution is 2.36. The summed E-state index contributed by atoms with van der Waals surface area (Å²) in [4.78, 5) is 27.6. The van der Waals surface area contributed by atoms with Crippen LogP contribution in [0.15, 0.2) is 24.4 Å². The summed E-state index contributed by atoms with van der Waals surface area (Å²) >= 11 is 6.40. The molecular formula is C23H28ClF2N3O2. The Morgan fingerprint density at radius 2 is 1.94 bits per heavy atom. The summed E-state index contributed by atoms with van der Waals surface area (Å²) in [5, 5.41) is 3.83. The van der Waals surface area contributed by atoms with Gasteiger partial charge in [-0.15, -0.1) is 0 Å². The number of likely N-dealkylation sites (tertiary alicyclic amines) is 1. The molecule has 4 rings (SSSR count). The standard InChI is InChI=1S/C23H28ClF2N3O2/c24-18-7-4-8-19-21(18)17(14-29(19)15-20(30)28-10-2-1-3-11-28)22(31)27-13-16-6-5-9-23(25,26)12-16/h4,7-8,14,16H,1-3,5-6,9-13,15H2,(H,27,31). The minimum Gasteiger partial charge on any atom is -0.352 e. The molecule has 5 nitrogen and oxygen atoms in total. The van der Waals surface area contributed by atoms with E-state index in [0.717, 1.165) is 32.4 Å². The van der Waals surface area contributed by atoms with Gasteiger partial charge in [-0.1, -0.05) is 17.7 Å². The lowest BCUT2D eigenvalue weighted by molar-refractivity contribution is -0.132. The highest BCUT2D eigenvalue weighted by Gasteiger charge is 2.36. The maximum Gasteiger partial charge on any atom is 0.253 e. The van der Waals surface area contributed by atoms with E-state index in [2.05, 4.69) is 5.32 Å². The number of aromatic nitrogens is 1. The summed E-state index contributed by atoms with van der Waals surface area (Å²) < 4.78 is 29.1. The first-order chi connectivity index (χ1) is 14.8. The SMILES string of the molecule is O=C(NCC1CCCC(F)(F)C1)c1cn(CC(=O)N2CCCCC2)c2cccc(Cl)c12. The van der Waals surface area contributed by atoms with Crippen molar-refractivity contribution in [3.05, 3.63) is 35.0 Å². The van der Waals surface area contributed by atoms with Gasteiger partial charge in [-0.25, -0.2) is 8.78 Å². The molecule has 31 heavy (non-hydrogen) atoms. The summed E-state index contributed by atoms with van der Waals surface area (Å²) in [5.41, 5.74) is 1.09. The second kappa shape index (κ2) is 9.15. The molecule has 0 radical (unpaired) electrons. The van der Waals surface area contributed by atoms with Crippen molar-refractivity contribution in [3.8, 4) is 0 Å². The van der Waals surface area contributed by atoms with E-state index in [1.54, 1.807) is 22.9 Å². The number of hydrogen-bond donors (Lipinski definition) is 1. The summed E-state index contributed by atoms with van der Waals surface area (Å²) in [7, 11) is 0. The van der Waals surface area contributed by atoms with Gasteiger partial charge in [0.2, 0.25) is 11.8 Å². The van der Waals surface area contributed by atoms with Crippen LogP contribution in [0.25, 0.3) is 10.9 Å². The second-order valence-corrected chi connectivity index (χ2v) is 9.18. The van der Waals surface area contributed by atoms with Gasteiger partial charge >= 0.3 is 0 Å². The zero-order valence-corrected chi connectivity index (χ0v) is 18.3. The zero-order chi connectivity index (χ0) is 22.0. The molecule has 0 bridgehead atoms. The first kappa shape index (κ1) is 22.1. The Morgan fingerprint density at radius 3 is 2.68 bits per heavy atom. The van der Waals surface area contributed by atoms with Crippen LogP contribution in [0.3, 0.4) is 0 Å². The van der Waals surface area contributed by atoms with Gasteiger partial charge in [0, 0.05) is 44.1 Å². The second-order valence-electron chi connectivity index (χ2n) is 8.77. The minimum absolute atomic E-state index is 0.0213. The van der Waals surface area contributed by atoms with E-state index >= 15 is 0 Å². The van der Waals surface area contributed by atoms with E-state index in [4.69, 9.17) is 11.6 Å². The van der Waals surface area contributed by atoms with E-state index in [0.29, 0.717) is 34.3 Å². The lowest BCUT2D eigenvalue weighted by atomic mass is 9.86. The molecule has 2 heterocycles. The fourth-order valence-corrected chi connectivity index (χ4v) is 5.05. The number of nitrogens with one attached hydrogen (secondary N) is 1. The number of nitrogens with zero attached hydrogens (tertiary/aromatic N) is 2. The van der Waals surface area contributed by atoms with Crippen LogP contribution in [0.4, 0.5) is 8.78 Å². The van der Waals surface area contributed by atoms with E-state index in [1.165, 1.54) is 0 Å². The third kappa shape index (κ3) is 5.03. The molecule has 1 saturated heterocycles. The highest BCUT2D eigenvalue weighted by atomic mass is 35.5. The van der Waals surface area contributed by atoms with Crippen molar-refractivity contribution < 1.29 is 18.4 Å². The quantitative estimate of drug-likeness (QED) is 0.705. The van der Waals surface area contributed by atoms with E-state index in [1.807, 2.05) is 11.0 Å². The third-order valence-electron chi connectivity index (χ3n) is 6.41. The molecule has 1 aromatic heterocycles. The third-order valence-corrected chi connectivity index (χ3v) is 6.72. The Labute approximate surface area is 185 Å². The normalized spacial score (nSPS) is 21.3. The van der Waals surface area contributed by atoms with Gasteiger partial charge in [0.1, 0.15) is 6.54 Å². The van der Waals surface area contributed by atoms with Crippen LogP contribution in [-0.4, -0.2) is 46.8 Å². The Balaban J connectivity index is 1.52. The van der Waals surface area contributed by atoms with Gasteiger partial charge < -0.3 is 14.8 Å². The molecule has 168 valence electrons. The van der Waals surface area contributed by atoms with Crippen LogP contribution in [0.5, 0.6) is 0 Å². The molecule has 1 aliphatic carbocycles. The van der Waals surface area contributed by atoms with Crippen molar-refractivity contribution in [2.24, 2.45) is 5.92 Å². The average molecular weight is 452 g/mol. The molecule has 8 heteroatoms. The number of piperidine rings is 1. The number of alkyl halides is 2.